The minimum absolute atomic E-state index is 0.215. The standard InChI is InChI=1S/C29H31FN8O2/c1-35-11-13-36(14-12-35)18-20-19-37(26-15-21(30)3-4-23(20)26)27-5-6-28(39)38(34-27)10-9-32-24-7-8-31-25-16-22(40-2)17-33-29(24)25/h3-8,15-17,19H,9-14,18H2,1-2H3,(H,31,32). The minimum Gasteiger partial charge on any atom is -0.495 e. The van der Waals surface area contributed by atoms with Crippen molar-refractivity contribution >= 4 is 27.6 Å². The van der Waals surface area contributed by atoms with Crippen LogP contribution in [0.15, 0.2) is 65.8 Å². The van der Waals surface area contributed by atoms with Crippen molar-refractivity contribution in [2.75, 3.05) is 52.2 Å². The number of likely N-dealkylation sites (N-methyl/N-ethyl adjacent to an activating group) is 1. The molecule has 206 valence electrons. The van der Waals surface area contributed by atoms with Crippen LogP contribution in [0.25, 0.3) is 27.8 Å². The molecule has 0 unspecified atom stereocenters. The average molecular weight is 543 g/mol. The summed E-state index contributed by atoms with van der Waals surface area (Å²) in [6, 6.07) is 11.7. The van der Waals surface area contributed by atoms with Crippen LogP contribution in [0.4, 0.5) is 10.1 Å². The summed E-state index contributed by atoms with van der Waals surface area (Å²) < 4.78 is 22.9. The van der Waals surface area contributed by atoms with E-state index in [-0.39, 0.29) is 11.4 Å². The molecule has 40 heavy (non-hydrogen) atoms. The number of fused-ring (bicyclic) bond motifs is 2. The molecule has 0 bridgehead atoms. The number of hydrogen-bond acceptors (Lipinski definition) is 8. The van der Waals surface area contributed by atoms with Crippen LogP contribution in [0.2, 0.25) is 0 Å². The molecule has 11 heteroatoms. The first-order chi connectivity index (χ1) is 19.5. The Morgan fingerprint density at radius 3 is 2.73 bits per heavy atom. The van der Waals surface area contributed by atoms with Crippen LogP contribution in [0.5, 0.6) is 5.75 Å². The van der Waals surface area contributed by atoms with Gasteiger partial charge in [0.05, 0.1) is 36.6 Å². The van der Waals surface area contributed by atoms with E-state index in [1.54, 1.807) is 25.6 Å². The molecule has 0 saturated carbocycles. The maximum Gasteiger partial charge on any atom is 0.266 e. The highest BCUT2D eigenvalue weighted by Gasteiger charge is 2.18. The highest BCUT2D eigenvalue weighted by molar-refractivity contribution is 5.88. The number of anilines is 1. The number of pyridine rings is 2. The minimum atomic E-state index is -0.314. The van der Waals surface area contributed by atoms with Crippen LogP contribution in [0, 0.1) is 5.82 Å². The Balaban J connectivity index is 1.25. The number of nitrogens with zero attached hydrogens (tertiary/aromatic N) is 7. The number of piperazine rings is 1. The zero-order valence-electron chi connectivity index (χ0n) is 22.5. The summed E-state index contributed by atoms with van der Waals surface area (Å²) in [5, 5.41) is 8.97. The van der Waals surface area contributed by atoms with Gasteiger partial charge in [0.15, 0.2) is 5.82 Å². The molecule has 0 spiro atoms. The quantitative estimate of drug-likeness (QED) is 0.320. The van der Waals surface area contributed by atoms with Crippen LogP contribution in [-0.2, 0) is 13.1 Å². The van der Waals surface area contributed by atoms with Gasteiger partial charge >= 0.3 is 0 Å². The number of halogens is 1. The molecular weight excluding hydrogens is 511 g/mol. The van der Waals surface area contributed by atoms with Gasteiger partial charge in [-0.05, 0) is 42.9 Å². The van der Waals surface area contributed by atoms with Gasteiger partial charge in [-0.25, -0.2) is 14.1 Å². The summed E-state index contributed by atoms with van der Waals surface area (Å²) in [4.78, 5) is 26.3. The fourth-order valence-corrected chi connectivity index (χ4v) is 5.12. The molecule has 10 nitrogen and oxygen atoms in total. The van der Waals surface area contributed by atoms with E-state index < -0.39 is 0 Å². The molecule has 1 aliphatic rings. The molecule has 1 fully saturated rings. The second-order valence-corrected chi connectivity index (χ2v) is 10.0. The summed E-state index contributed by atoms with van der Waals surface area (Å²) in [5.74, 6) is 0.878. The van der Waals surface area contributed by atoms with Crippen molar-refractivity contribution in [1.29, 1.82) is 0 Å². The lowest BCUT2D eigenvalue weighted by Crippen LogP contribution is -2.43. The largest absolute Gasteiger partial charge is 0.495 e. The van der Waals surface area contributed by atoms with E-state index in [2.05, 4.69) is 37.2 Å². The molecule has 1 aliphatic heterocycles. The lowest BCUT2D eigenvalue weighted by molar-refractivity contribution is 0.148. The Kier molecular flexibility index (Phi) is 7.14. The van der Waals surface area contributed by atoms with Gasteiger partial charge < -0.3 is 15.0 Å². The van der Waals surface area contributed by atoms with E-state index in [1.807, 2.05) is 29.0 Å². The SMILES string of the molecule is COc1cnc2c(NCCn3nc(-n4cc(CN5CCN(C)CC5)c5ccc(F)cc54)ccc3=O)ccnc2c1. The summed E-state index contributed by atoms with van der Waals surface area (Å²) in [5.41, 5.74) is 3.84. The van der Waals surface area contributed by atoms with Crippen molar-refractivity contribution in [3.05, 3.63) is 82.8 Å². The molecular formula is C29H31FN8O2. The van der Waals surface area contributed by atoms with Crippen molar-refractivity contribution in [1.82, 2.24) is 34.1 Å². The normalized spacial score (nSPS) is 14.7. The molecule has 4 aromatic heterocycles. The predicted molar refractivity (Wildman–Crippen MR) is 153 cm³/mol. The van der Waals surface area contributed by atoms with E-state index in [4.69, 9.17) is 4.74 Å². The molecule has 1 aromatic carbocycles. The van der Waals surface area contributed by atoms with Gasteiger partial charge in [0.2, 0.25) is 0 Å². The molecule has 0 atom stereocenters. The Labute approximate surface area is 230 Å². The van der Waals surface area contributed by atoms with Gasteiger partial charge in [-0.15, -0.1) is 0 Å². The average Bonchev–Trinajstić information content (AvgIpc) is 3.32. The first kappa shape index (κ1) is 25.9. The first-order valence-corrected chi connectivity index (χ1v) is 13.3. The Hall–Kier alpha value is -4.35. The summed E-state index contributed by atoms with van der Waals surface area (Å²) in [6.07, 6.45) is 5.36. The van der Waals surface area contributed by atoms with Crippen molar-refractivity contribution < 1.29 is 9.13 Å². The van der Waals surface area contributed by atoms with Crippen LogP contribution in [-0.4, -0.2) is 81.0 Å². The van der Waals surface area contributed by atoms with Crippen LogP contribution < -0.4 is 15.6 Å². The predicted octanol–water partition coefficient (Wildman–Crippen LogP) is 3.14. The van der Waals surface area contributed by atoms with Gasteiger partial charge in [0.1, 0.15) is 17.1 Å². The molecule has 0 amide bonds. The second kappa shape index (κ2) is 11.0. The number of rotatable bonds is 8. The van der Waals surface area contributed by atoms with E-state index >= 15 is 0 Å². The van der Waals surface area contributed by atoms with Crippen molar-refractivity contribution in [2.45, 2.75) is 13.1 Å². The second-order valence-electron chi connectivity index (χ2n) is 10.0. The first-order valence-electron chi connectivity index (χ1n) is 13.3. The summed E-state index contributed by atoms with van der Waals surface area (Å²) in [6.45, 7) is 5.55. The van der Waals surface area contributed by atoms with Crippen LogP contribution >= 0.6 is 0 Å². The maximum atomic E-state index is 14.3. The summed E-state index contributed by atoms with van der Waals surface area (Å²) >= 11 is 0. The molecule has 0 aliphatic carbocycles. The van der Waals surface area contributed by atoms with Gasteiger partial charge in [-0.3, -0.25) is 19.2 Å². The lowest BCUT2D eigenvalue weighted by Gasteiger charge is -2.32. The molecule has 6 rings (SSSR count). The summed E-state index contributed by atoms with van der Waals surface area (Å²) in [7, 11) is 3.72. The monoisotopic (exact) mass is 542 g/mol. The van der Waals surface area contributed by atoms with Crippen LogP contribution in [0.1, 0.15) is 5.56 Å². The van der Waals surface area contributed by atoms with Gasteiger partial charge in [-0.1, -0.05) is 0 Å². The number of aromatic nitrogens is 5. The Morgan fingerprint density at radius 2 is 1.90 bits per heavy atom. The highest BCUT2D eigenvalue weighted by atomic mass is 19.1. The van der Waals surface area contributed by atoms with Gasteiger partial charge in [0.25, 0.3) is 5.56 Å². The van der Waals surface area contributed by atoms with Crippen molar-refractivity contribution in [2.24, 2.45) is 0 Å². The molecule has 0 radical (unpaired) electrons. The zero-order valence-corrected chi connectivity index (χ0v) is 22.5. The molecule has 1 saturated heterocycles. The van der Waals surface area contributed by atoms with E-state index in [0.717, 1.165) is 54.9 Å². The lowest BCUT2D eigenvalue weighted by atomic mass is 10.1. The Morgan fingerprint density at radius 1 is 1.05 bits per heavy atom. The number of methoxy groups -OCH3 is 1. The zero-order chi connectivity index (χ0) is 27.6. The van der Waals surface area contributed by atoms with E-state index in [9.17, 15) is 9.18 Å². The fourth-order valence-electron chi connectivity index (χ4n) is 5.12. The topological polar surface area (TPSA) is 93.3 Å². The third-order valence-electron chi connectivity index (χ3n) is 7.37. The van der Waals surface area contributed by atoms with Gasteiger partial charge in [0, 0.05) is 69.2 Å². The highest BCUT2D eigenvalue weighted by Crippen LogP contribution is 2.27. The third-order valence-corrected chi connectivity index (χ3v) is 7.37. The molecule has 5 aromatic rings. The van der Waals surface area contributed by atoms with E-state index in [0.29, 0.717) is 35.7 Å². The van der Waals surface area contributed by atoms with Crippen molar-refractivity contribution in [3.8, 4) is 11.6 Å². The molecule has 1 N–H and O–H groups in total. The fraction of sp³-hybridized carbons (Fsp3) is 0.310. The number of nitrogens with one attached hydrogen (secondary N) is 1. The van der Waals surface area contributed by atoms with Gasteiger partial charge in [-0.2, -0.15) is 5.10 Å². The third kappa shape index (κ3) is 5.25. The maximum absolute atomic E-state index is 14.3. The Bertz CT molecular complexity index is 1730. The number of ether oxygens (including phenoxy) is 1. The van der Waals surface area contributed by atoms with Crippen molar-refractivity contribution in [3.63, 3.8) is 0 Å². The van der Waals surface area contributed by atoms with E-state index in [1.165, 1.54) is 22.9 Å². The van der Waals surface area contributed by atoms with Crippen LogP contribution in [0.3, 0.4) is 0 Å². The smallest absolute Gasteiger partial charge is 0.266 e. The number of benzene rings is 1. The number of hydrogen-bond donors (Lipinski definition) is 1. The molecule has 5 heterocycles.